The van der Waals surface area contributed by atoms with E-state index in [2.05, 4.69) is 68.2 Å². The van der Waals surface area contributed by atoms with E-state index >= 15 is 0 Å². The number of amides is 1. The fourth-order valence-corrected chi connectivity index (χ4v) is 4.19. The van der Waals surface area contributed by atoms with Gasteiger partial charge in [0.1, 0.15) is 11.5 Å². The minimum atomic E-state index is -0.379. The first kappa shape index (κ1) is 28.6. The molecule has 1 aromatic heterocycles. The highest BCUT2D eigenvalue weighted by molar-refractivity contribution is 6.31. The number of nitrogens with two attached hydrogens (primary N) is 1. The van der Waals surface area contributed by atoms with Gasteiger partial charge in [0, 0.05) is 48.9 Å². The second kappa shape index (κ2) is 12.6. The Kier molecular flexibility index (Phi) is 9.46. The zero-order valence-electron chi connectivity index (χ0n) is 22.6. The first-order valence-electron chi connectivity index (χ1n) is 12.4. The van der Waals surface area contributed by atoms with Gasteiger partial charge in [0.2, 0.25) is 5.95 Å². The van der Waals surface area contributed by atoms with Gasteiger partial charge in [-0.25, -0.2) is 15.0 Å². The van der Waals surface area contributed by atoms with E-state index in [0.717, 1.165) is 31.6 Å². The van der Waals surface area contributed by atoms with Crippen LogP contribution in [0.2, 0.25) is 5.02 Å². The molecule has 0 spiro atoms. The standard InChI is InChI=1S/C27H36ClN9O/c1-7-32-20-16-33-26(37-10-8-9-11-37)36-23(20)24(29)34-19-13-17(12-18(28)14-19)25(38)35-22(31-6)15-21(30-5)27(2,3)4/h7,12-16,30,32H,1,8-11H2,2-6H3,(H2,29,34)(H,31,35,38). The molecule has 1 aliphatic heterocycles. The molecule has 1 aliphatic rings. The fraction of sp³-hybridized carbons (Fsp3) is 0.370. The SMILES string of the molecule is C=CNc1cnc(N2CCCC2)nc1C(N)=Nc1cc(Cl)cc(C(=O)NC(C=C(NC)C(C)(C)C)=NC)c1. The summed E-state index contributed by atoms with van der Waals surface area (Å²) >= 11 is 6.35. The van der Waals surface area contributed by atoms with Crippen LogP contribution in [0, 0.1) is 5.41 Å². The molecule has 0 unspecified atom stereocenters. The van der Waals surface area contributed by atoms with Gasteiger partial charge in [-0.05, 0) is 43.3 Å². The van der Waals surface area contributed by atoms with Gasteiger partial charge in [-0.3, -0.25) is 9.79 Å². The van der Waals surface area contributed by atoms with E-state index in [1.807, 2.05) is 7.05 Å². The number of nitrogens with one attached hydrogen (secondary N) is 3. The third-order valence-corrected chi connectivity index (χ3v) is 6.12. The molecule has 0 aliphatic carbocycles. The number of aromatic nitrogens is 2. The zero-order valence-corrected chi connectivity index (χ0v) is 23.4. The lowest BCUT2D eigenvalue weighted by atomic mass is 9.91. The molecule has 2 heterocycles. The maximum Gasteiger partial charge on any atom is 0.256 e. The van der Waals surface area contributed by atoms with Crippen LogP contribution in [0.3, 0.4) is 0 Å². The van der Waals surface area contributed by atoms with Crippen molar-refractivity contribution in [1.82, 2.24) is 20.6 Å². The summed E-state index contributed by atoms with van der Waals surface area (Å²) in [6.07, 6.45) is 7.17. The van der Waals surface area contributed by atoms with E-state index in [0.29, 0.717) is 39.4 Å². The summed E-state index contributed by atoms with van der Waals surface area (Å²) in [4.78, 5) is 33.1. The van der Waals surface area contributed by atoms with Crippen LogP contribution in [0.5, 0.6) is 0 Å². The highest BCUT2D eigenvalue weighted by Crippen LogP contribution is 2.25. The number of nitrogens with zero attached hydrogens (tertiary/aromatic N) is 5. The minimum Gasteiger partial charge on any atom is -0.391 e. The molecule has 1 fully saturated rings. The summed E-state index contributed by atoms with van der Waals surface area (Å²) in [5.74, 6) is 0.769. The molecule has 202 valence electrons. The van der Waals surface area contributed by atoms with Crippen LogP contribution in [0.25, 0.3) is 0 Å². The Morgan fingerprint density at radius 3 is 2.55 bits per heavy atom. The maximum atomic E-state index is 13.1. The van der Waals surface area contributed by atoms with Crippen molar-refractivity contribution in [3.8, 4) is 0 Å². The number of allylic oxidation sites excluding steroid dienone is 1. The van der Waals surface area contributed by atoms with Crippen LogP contribution in [0.1, 0.15) is 49.7 Å². The molecule has 0 atom stereocenters. The number of carbonyl (C=O) groups excluding carboxylic acids is 1. The largest absolute Gasteiger partial charge is 0.391 e. The van der Waals surface area contributed by atoms with Crippen LogP contribution in [0.4, 0.5) is 17.3 Å². The molecule has 1 saturated heterocycles. The molecular weight excluding hydrogens is 502 g/mol. The molecule has 5 N–H and O–H groups in total. The second-order valence-electron chi connectivity index (χ2n) is 9.79. The molecule has 1 amide bonds. The summed E-state index contributed by atoms with van der Waals surface area (Å²) in [7, 11) is 3.45. The Hall–Kier alpha value is -3.92. The van der Waals surface area contributed by atoms with E-state index in [9.17, 15) is 4.79 Å². The molecule has 0 bridgehead atoms. The van der Waals surface area contributed by atoms with Gasteiger partial charge in [0.25, 0.3) is 5.91 Å². The van der Waals surface area contributed by atoms with E-state index in [-0.39, 0.29) is 17.2 Å². The van der Waals surface area contributed by atoms with Crippen LogP contribution < -0.4 is 26.6 Å². The summed E-state index contributed by atoms with van der Waals surface area (Å²) < 4.78 is 0. The molecule has 10 nitrogen and oxygen atoms in total. The normalized spacial score (nSPS) is 14.9. The van der Waals surface area contributed by atoms with Gasteiger partial charge in [-0.15, -0.1) is 0 Å². The summed E-state index contributed by atoms with van der Waals surface area (Å²) in [6.45, 7) is 11.7. The predicted octanol–water partition coefficient (Wildman–Crippen LogP) is 4.23. The lowest BCUT2D eigenvalue weighted by Gasteiger charge is -2.23. The van der Waals surface area contributed by atoms with Gasteiger partial charge in [-0.2, -0.15) is 0 Å². The topological polar surface area (TPSA) is 133 Å². The monoisotopic (exact) mass is 537 g/mol. The number of rotatable bonds is 8. The van der Waals surface area contributed by atoms with Crippen molar-refractivity contribution in [2.75, 3.05) is 37.4 Å². The van der Waals surface area contributed by atoms with Gasteiger partial charge in [0.15, 0.2) is 5.84 Å². The highest BCUT2D eigenvalue weighted by atomic mass is 35.5. The number of anilines is 2. The van der Waals surface area contributed by atoms with Gasteiger partial charge >= 0.3 is 0 Å². The average molecular weight is 538 g/mol. The van der Waals surface area contributed by atoms with Crippen molar-refractivity contribution >= 4 is 46.5 Å². The molecular formula is C27H36ClN9O. The number of carbonyl (C=O) groups is 1. The Morgan fingerprint density at radius 1 is 1.24 bits per heavy atom. The fourth-order valence-electron chi connectivity index (χ4n) is 3.96. The number of amidine groups is 2. The van der Waals surface area contributed by atoms with Crippen LogP contribution in [-0.4, -0.2) is 54.7 Å². The minimum absolute atomic E-state index is 0.147. The lowest BCUT2D eigenvalue weighted by molar-refractivity contribution is 0.0977. The second-order valence-corrected chi connectivity index (χ2v) is 10.2. The lowest BCUT2D eigenvalue weighted by Crippen LogP contribution is -2.31. The first-order valence-corrected chi connectivity index (χ1v) is 12.8. The Labute approximate surface area is 229 Å². The predicted molar refractivity (Wildman–Crippen MR) is 157 cm³/mol. The number of hydrogen-bond donors (Lipinski definition) is 4. The Bertz CT molecular complexity index is 1270. The first-order chi connectivity index (χ1) is 18.0. The van der Waals surface area contributed by atoms with Crippen LogP contribution in [-0.2, 0) is 0 Å². The number of hydrogen-bond acceptors (Lipinski definition) is 8. The highest BCUT2D eigenvalue weighted by Gasteiger charge is 2.20. The third kappa shape index (κ3) is 7.32. The molecule has 3 rings (SSSR count). The van der Waals surface area contributed by atoms with Crippen molar-refractivity contribution in [2.24, 2.45) is 21.1 Å². The van der Waals surface area contributed by atoms with Gasteiger partial charge in [-0.1, -0.05) is 39.0 Å². The van der Waals surface area contributed by atoms with Gasteiger partial charge in [0.05, 0.1) is 17.6 Å². The Balaban J connectivity index is 1.92. The van der Waals surface area contributed by atoms with Crippen LogP contribution >= 0.6 is 11.6 Å². The van der Waals surface area contributed by atoms with Crippen molar-refractivity contribution in [3.63, 3.8) is 0 Å². The summed E-state index contributed by atoms with van der Waals surface area (Å²) in [5, 5.41) is 9.34. The molecule has 38 heavy (non-hydrogen) atoms. The van der Waals surface area contributed by atoms with E-state index in [1.165, 1.54) is 6.20 Å². The number of benzene rings is 1. The van der Waals surface area contributed by atoms with Crippen molar-refractivity contribution in [1.29, 1.82) is 0 Å². The van der Waals surface area contributed by atoms with E-state index in [4.69, 9.17) is 17.3 Å². The summed E-state index contributed by atoms with van der Waals surface area (Å²) in [6, 6.07) is 4.80. The maximum absolute atomic E-state index is 13.1. The van der Waals surface area contributed by atoms with Crippen molar-refractivity contribution in [3.05, 3.63) is 65.2 Å². The molecule has 2 aromatic rings. The summed E-state index contributed by atoms with van der Waals surface area (Å²) in [5.41, 5.74) is 8.89. The molecule has 1 aromatic carbocycles. The zero-order chi connectivity index (χ0) is 27.9. The van der Waals surface area contributed by atoms with Gasteiger partial charge < -0.3 is 26.6 Å². The Morgan fingerprint density at radius 2 is 1.95 bits per heavy atom. The van der Waals surface area contributed by atoms with Crippen molar-refractivity contribution < 1.29 is 4.79 Å². The smallest absolute Gasteiger partial charge is 0.256 e. The van der Waals surface area contributed by atoms with E-state index in [1.54, 1.807) is 37.5 Å². The van der Waals surface area contributed by atoms with Crippen molar-refractivity contribution in [2.45, 2.75) is 33.6 Å². The van der Waals surface area contributed by atoms with E-state index < -0.39 is 0 Å². The molecule has 0 radical (unpaired) electrons. The number of halogens is 1. The number of aliphatic imine (C=N–C) groups is 2. The quantitative estimate of drug-likeness (QED) is 0.292. The molecule has 0 saturated carbocycles. The van der Waals surface area contributed by atoms with Crippen LogP contribution in [0.15, 0.2) is 58.9 Å². The average Bonchev–Trinajstić information content (AvgIpc) is 3.40. The molecule has 11 heteroatoms. The third-order valence-electron chi connectivity index (χ3n) is 5.90.